The van der Waals surface area contributed by atoms with Gasteiger partial charge < -0.3 is 14.7 Å². The number of rotatable bonds is 2. The van der Waals surface area contributed by atoms with E-state index in [1.807, 2.05) is 20.8 Å². The average molecular weight is 328 g/mol. The van der Waals surface area contributed by atoms with E-state index in [1.54, 1.807) is 4.90 Å². The van der Waals surface area contributed by atoms with Crippen molar-refractivity contribution in [2.45, 2.75) is 38.7 Å². The van der Waals surface area contributed by atoms with Gasteiger partial charge >= 0.3 is 12.1 Å². The summed E-state index contributed by atoms with van der Waals surface area (Å²) in [6.07, 6.45) is 1.51. The van der Waals surface area contributed by atoms with Crippen LogP contribution in [0.1, 0.15) is 49.3 Å². The van der Waals surface area contributed by atoms with Gasteiger partial charge in [-0.05, 0) is 27.2 Å². The van der Waals surface area contributed by atoms with Crippen molar-refractivity contribution in [1.82, 2.24) is 14.9 Å². The fourth-order valence-corrected chi connectivity index (χ4v) is 2.39. The minimum absolute atomic E-state index is 0.0761. The molecule has 1 saturated heterocycles. The van der Waals surface area contributed by atoms with Gasteiger partial charge in [-0.3, -0.25) is 0 Å². The highest BCUT2D eigenvalue weighted by Gasteiger charge is 2.32. The number of hydrogen-bond acceptors (Lipinski definition) is 5. The van der Waals surface area contributed by atoms with E-state index in [2.05, 4.69) is 9.97 Å². The lowest BCUT2D eigenvalue weighted by atomic mass is 10.1. The summed E-state index contributed by atoms with van der Waals surface area (Å²) in [7, 11) is 0. The number of nitrogens with zero attached hydrogens (tertiary/aromatic N) is 3. The number of likely N-dealkylation sites (tertiary alicyclic amines) is 1. The molecule has 2 heterocycles. The molecule has 1 unspecified atom stereocenters. The third-order valence-electron chi connectivity index (χ3n) is 3.20. The number of ether oxygens (including phenoxy) is 1. The molecule has 2 rings (SSSR count). The molecule has 1 aliphatic heterocycles. The number of carbonyl (C=O) groups excluding carboxylic acids is 1. The fraction of sp³-hybridized carbons (Fsp3) is 0.571. The Hall–Kier alpha value is -1.89. The van der Waals surface area contributed by atoms with Gasteiger partial charge in [0, 0.05) is 25.2 Å². The Kier molecular flexibility index (Phi) is 4.55. The first-order valence-corrected chi connectivity index (χ1v) is 7.29. The van der Waals surface area contributed by atoms with Gasteiger partial charge in [-0.25, -0.2) is 19.6 Å². The molecule has 7 nitrogen and oxygen atoms in total. The number of aromatic carboxylic acids is 1. The van der Waals surface area contributed by atoms with Gasteiger partial charge in [0.05, 0.1) is 0 Å². The third kappa shape index (κ3) is 3.85. The van der Waals surface area contributed by atoms with E-state index in [0.29, 0.717) is 25.3 Å². The first-order chi connectivity index (χ1) is 10.2. The molecule has 1 atom stereocenters. The van der Waals surface area contributed by atoms with Gasteiger partial charge in [0.15, 0.2) is 0 Å². The Balaban J connectivity index is 2.06. The quantitative estimate of drug-likeness (QED) is 0.839. The first kappa shape index (κ1) is 16.5. The second kappa shape index (κ2) is 6.08. The van der Waals surface area contributed by atoms with Crippen LogP contribution < -0.4 is 0 Å². The monoisotopic (exact) mass is 327 g/mol. The van der Waals surface area contributed by atoms with E-state index in [0.717, 1.165) is 0 Å². The lowest BCUT2D eigenvalue weighted by Gasteiger charge is -2.24. The van der Waals surface area contributed by atoms with Gasteiger partial charge in [-0.1, -0.05) is 11.6 Å². The number of carboxylic acids is 1. The van der Waals surface area contributed by atoms with E-state index in [4.69, 9.17) is 21.4 Å². The summed E-state index contributed by atoms with van der Waals surface area (Å²) >= 11 is 5.85. The highest BCUT2D eigenvalue weighted by molar-refractivity contribution is 6.32. The molecular formula is C14H18ClN3O4. The molecule has 1 amide bonds. The van der Waals surface area contributed by atoms with E-state index in [9.17, 15) is 9.59 Å². The number of carbonyl (C=O) groups is 2. The molecule has 1 N–H and O–H groups in total. The number of carboxylic acid groups (broad SMARTS) is 1. The predicted molar refractivity (Wildman–Crippen MR) is 79.2 cm³/mol. The fourth-order valence-electron chi connectivity index (χ4n) is 2.18. The molecule has 1 aromatic rings. The second-order valence-electron chi connectivity index (χ2n) is 6.15. The van der Waals surface area contributed by atoms with Crippen LogP contribution in [0, 0.1) is 0 Å². The summed E-state index contributed by atoms with van der Waals surface area (Å²) in [6.45, 7) is 6.41. The Morgan fingerprint density at radius 3 is 2.68 bits per heavy atom. The smallest absolute Gasteiger partial charge is 0.410 e. The largest absolute Gasteiger partial charge is 0.478 e. The molecule has 8 heteroatoms. The summed E-state index contributed by atoms with van der Waals surface area (Å²) in [5, 5.41) is 8.82. The summed E-state index contributed by atoms with van der Waals surface area (Å²) in [5.74, 6) is -0.799. The molecular weight excluding hydrogens is 310 g/mol. The van der Waals surface area contributed by atoms with E-state index < -0.39 is 11.6 Å². The van der Waals surface area contributed by atoms with Gasteiger partial charge in [0.2, 0.25) is 0 Å². The lowest BCUT2D eigenvalue weighted by Crippen LogP contribution is -2.35. The van der Waals surface area contributed by atoms with Gasteiger partial charge in [0.25, 0.3) is 0 Å². The Labute approximate surface area is 133 Å². The number of halogens is 1. The van der Waals surface area contributed by atoms with Crippen LogP contribution in [0.5, 0.6) is 0 Å². The summed E-state index contributed by atoms with van der Waals surface area (Å²) in [5.41, 5.74) is -0.676. The van der Waals surface area contributed by atoms with Crippen LogP contribution in [-0.2, 0) is 4.74 Å². The third-order valence-corrected chi connectivity index (χ3v) is 3.48. The first-order valence-electron chi connectivity index (χ1n) is 6.91. The van der Waals surface area contributed by atoms with Gasteiger partial charge in [-0.2, -0.15) is 0 Å². The zero-order valence-corrected chi connectivity index (χ0v) is 13.4. The standard InChI is InChI=1S/C14H18ClN3O4/c1-14(2,3)22-13(21)18-5-4-8(7-18)11-16-6-9(12(19)20)10(15)17-11/h6,8H,4-5,7H2,1-3H3,(H,19,20). The van der Waals surface area contributed by atoms with Crippen LogP contribution in [0.15, 0.2) is 6.20 Å². The van der Waals surface area contributed by atoms with Crippen LogP contribution in [0.4, 0.5) is 4.79 Å². The second-order valence-corrected chi connectivity index (χ2v) is 6.51. The van der Waals surface area contributed by atoms with Crippen molar-refractivity contribution >= 4 is 23.7 Å². The normalized spacial score (nSPS) is 18.4. The minimum atomic E-state index is -1.17. The Morgan fingerprint density at radius 2 is 2.14 bits per heavy atom. The molecule has 0 radical (unpaired) electrons. The molecule has 1 fully saturated rings. The van der Waals surface area contributed by atoms with E-state index in [-0.39, 0.29) is 22.7 Å². The van der Waals surface area contributed by atoms with Crippen LogP contribution in [0.25, 0.3) is 0 Å². The molecule has 0 aliphatic carbocycles. The summed E-state index contributed by atoms with van der Waals surface area (Å²) < 4.78 is 5.32. The van der Waals surface area contributed by atoms with Crippen molar-refractivity contribution in [3.63, 3.8) is 0 Å². The number of hydrogen-bond donors (Lipinski definition) is 1. The lowest BCUT2D eigenvalue weighted by molar-refractivity contribution is 0.0292. The highest BCUT2D eigenvalue weighted by atomic mass is 35.5. The molecule has 0 saturated carbocycles. The molecule has 120 valence electrons. The van der Waals surface area contributed by atoms with Crippen molar-refractivity contribution in [1.29, 1.82) is 0 Å². The van der Waals surface area contributed by atoms with Crippen LogP contribution in [-0.4, -0.2) is 50.7 Å². The van der Waals surface area contributed by atoms with E-state index in [1.165, 1.54) is 6.20 Å². The molecule has 0 aromatic carbocycles. The molecule has 22 heavy (non-hydrogen) atoms. The number of aromatic nitrogens is 2. The maximum atomic E-state index is 12.0. The summed E-state index contributed by atoms with van der Waals surface area (Å²) in [6, 6.07) is 0. The van der Waals surface area contributed by atoms with Crippen LogP contribution >= 0.6 is 11.6 Å². The van der Waals surface area contributed by atoms with Crippen molar-refractivity contribution < 1.29 is 19.4 Å². The van der Waals surface area contributed by atoms with Crippen molar-refractivity contribution in [3.05, 3.63) is 22.7 Å². The summed E-state index contributed by atoms with van der Waals surface area (Å²) in [4.78, 5) is 32.6. The average Bonchev–Trinajstić information content (AvgIpc) is 2.85. The molecule has 0 spiro atoms. The van der Waals surface area contributed by atoms with Crippen molar-refractivity contribution in [3.8, 4) is 0 Å². The molecule has 0 bridgehead atoms. The van der Waals surface area contributed by atoms with Crippen molar-refractivity contribution in [2.24, 2.45) is 0 Å². The highest BCUT2D eigenvalue weighted by Crippen LogP contribution is 2.27. The van der Waals surface area contributed by atoms with Gasteiger partial charge in [-0.15, -0.1) is 0 Å². The zero-order chi connectivity index (χ0) is 16.5. The maximum absolute atomic E-state index is 12.0. The maximum Gasteiger partial charge on any atom is 0.410 e. The SMILES string of the molecule is CC(C)(C)OC(=O)N1CCC(c2ncc(C(=O)O)c(Cl)n2)C1. The predicted octanol–water partition coefficient (Wildman–Crippen LogP) is 2.55. The Bertz CT molecular complexity index is 600. The van der Waals surface area contributed by atoms with Crippen LogP contribution in [0.3, 0.4) is 0 Å². The zero-order valence-electron chi connectivity index (χ0n) is 12.7. The van der Waals surface area contributed by atoms with Crippen molar-refractivity contribution in [2.75, 3.05) is 13.1 Å². The topological polar surface area (TPSA) is 92.6 Å². The Morgan fingerprint density at radius 1 is 1.45 bits per heavy atom. The van der Waals surface area contributed by atoms with Gasteiger partial charge in [0.1, 0.15) is 22.1 Å². The molecule has 1 aliphatic rings. The van der Waals surface area contributed by atoms with Crippen LogP contribution in [0.2, 0.25) is 5.15 Å². The number of amides is 1. The minimum Gasteiger partial charge on any atom is -0.478 e. The molecule has 1 aromatic heterocycles. The van der Waals surface area contributed by atoms with E-state index >= 15 is 0 Å².